The Morgan fingerprint density at radius 3 is 2.78 bits per heavy atom. The molecular formula is C29H31N5O2S. The third-order valence-corrected chi connectivity index (χ3v) is 7.43. The lowest BCUT2D eigenvalue weighted by Gasteiger charge is -2.20. The molecule has 0 saturated carbocycles. The van der Waals surface area contributed by atoms with E-state index in [1.807, 2.05) is 24.4 Å². The predicted molar refractivity (Wildman–Crippen MR) is 153 cm³/mol. The topological polar surface area (TPSA) is 83.0 Å². The highest BCUT2D eigenvalue weighted by Gasteiger charge is 2.35. The minimum Gasteiger partial charge on any atom is -0.491 e. The number of nitrogens with zero attached hydrogens (tertiary/aromatic N) is 4. The van der Waals surface area contributed by atoms with Crippen LogP contribution in [0, 0.1) is 12.3 Å². The molecule has 0 fully saturated rings. The van der Waals surface area contributed by atoms with E-state index in [4.69, 9.17) is 10.1 Å². The fourth-order valence-electron chi connectivity index (χ4n) is 4.57. The van der Waals surface area contributed by atoms with Gasteiger partial charge in [0.15, 0.2) is 5.84 Å². The van der Waals surface area contributed by atoms with E-state index in [1.165, 1.54) is 27.9 Å². The number of aryl methyl sites for hydroxylation is 1. The second kappa shape index (κ2) is 10.4. The van der Waals surface area contributed by atoms with Crippen LogP contribution >= 0.6 is 11.8 Å². The van der Waals surface area contributed by atoms with Crippen LogP contribution in [0.2, 0.25) is 0 Å². The molecule has 7 nitrogen and oxygen atoms in total. The van der Waals surface area contributed by atoms with E-state index in [0.717, 1.165) is 40.1 Å². The largest absolute Gasteiger partial charge is 0.491 e. The highest BCUT2D eigenvalue weighted by molar-refractivity contribution is 8.26. The van der Waals surface area contributed by atoms with Gasteiger partial charge in [0.25, 0.3) is 5.91 Å². The number of carbonyl (C=O) groups is 1. The van der Waals surface area contributed by atoms with Crippen molar-refractivity contribution < 1.29 is 9.53 Å². The number of nitrogens with one attached hydrogen (secondary N) is 1. The molecule has 1 amide bonds. The van der Waals surface area contributed by atoms with Gasteiger partial charge >= 0.3 is 0 Å². The van der Waals surface area contributed by atoms with Crippen LogP contribution in [0.15, 0.2) is 64.3 Å². The predicted octanol–water partition coefficient (Wildman–Crippen LogP) is 6.57. The van der Waals surface area contributed by atoms with E-state index < -0.39 is 5.91 Å². The normalized spacial score (nSPS) is 16.6. The second-order valence-electron chi connectivity index (χ2n) is 9.60. The van der Waals surface area contributed by atoms with E-state index in [0.29, 0.717) is 24.2 Å². The smallest absolute Gasteiger partial charge is 0.283 e. The summed E-state index contributed by atoms with van der Waals surface area (Å²) < 4.78 is 8.38. The maximum atomic E-state index is 12.9. The number of hydrogen-bond acceptors (Lipinski definition) is 5. The molecule has 3 aromatic rings. The van der Waals surface area contributed by atoms with Crippen LogP contribution in [-0.2, 0) is 11.3 Å². The first-order valence-corrected chi connectivity index (χ1v) is 13.5. The summed E-state index contributed by atoms with van der Waals surface area (Å²) in [6.45, 7) is 9.66. The summed E-state index contributed by atoms with van der Waals surface area (Å²) in [5.74, 6) is 0.964. The first-order valence-electron chi connectivity index (χ1n) is 12.7. The van der Waals surface area contributed by atoms with Crippen LogP contribution in [-0.4, -0.2) is 38.1 Å². The molecule has 2 aromatic carbocycles. The summed E-state index contributed by atoms with van der Waals surface area (Å²) in [6.07, 6.45) is 5.53. The van der Waals surface area contributed by atoms with Gasteiger partial charge in [-0.2, -0.15) is 15.1 Å². The van der Waals surface area contributed by atoms with Gasteiger partial charge in [0.05, 0.1) is 12.1 Å². The molecule has 190 valence electrons. The van der Waals surface area contributed by atoms with Crippen molar-refractivity contribution in [3.63, 3.8) is 0 Å². The Kier molecular flexibility index (Phi) is 7.02. The molecule has 8 heteroatoms. The van der Waals surface area contributed by atoms with Gasteiger partial charge in [-0.25, -0.2) is 0 Å². The molecule has 2 aliphatic heterocycles. The molecule has 0 bridgehead atoms. The highest BCUT2D eigenvalue weighted by atomic mass is 32.2. The lowest BCUT2D eigenvalue weighted by atomic mass is 10.0. The molecule has 0 aliphatic carbocycles. The molecule has 3 heterocycles. The van der Waals surface area contributed by atoms with E-state index >= 15 is 0 Å². The molecule has 0 radical (unpaired) electrons. The number of carbonyl (C=O) groups excluding carboxylic acids is 1. The van der Waals surface area contributed by atoms with Gasteiger partial charge in [0.1, 0.15) is 17.4 Å². The molecule has 2 aliphatic rings. The number of hydrogen-bond donors (Lipinski definition) is 1. The molecule has 0 unspecified atom stereocenters. The van der Waals surface area contributed by atoms with Crippen molar-refractivity contribution in [3.8, 4) is 5.75 Å². The Balaban J connectivity index is 1.41. The fraction of sp³-hybridized carbons (Fsp3) is 0.310. The summed E-state index contributed by atoms with van der Waals surface area (Å²) in [4.78, 5) is 17.1. The van der Waals surface area contributed by atoms with Crippen LogP contribution in [0.25, 0.3) is 17.0 Å². The van der Waals surface area contributed by atoms with Crippen molar-refractivity contribution in [1.29, 1.82) is 5.41 Å². The number of ether oxygens (including phenoxy) is 1. The summed E-state index contributed by atoms with van der Waals surface area (Å²) in [6, 6.07) is 14.4. The third kappa shape index (κ3) is 4.98. The molecule has 0 spiro atoms. The molecule has 37 heavy (non-hydrogen) atoms. The Bertz CT molecular complexity index is 1480. The van der Waals surface area contributed by atoms with Gasteiger partial charge in [-0.15, -0.1) is 0 Å². The first-order chi connectivity index (χ1) is 17.9. The summed E-state index contributed by atoms with van der Waals surface area (Å²) in [7, 11) is 0. The van der Waals surface area contributed by atoms with Crippen molar-refractivity contribution in [2.24, 2.45) is 10.1 Å². The van der Waals surface area contributed by atoms with Gasteiger partial charge in [0.2, 0.25) is 5.17 Å². The average Bonchev–Trinajstić information content (AvgIpc) is 3.43. The number of fused-ring (bicyclic) bond motifs is 2. The molecule has 1 aromatic heterocycles. The van der Waals surface area contributed by atoms with Gasteiger partial charge in [-0.3, -0.25) is 10.2 Å². The summed E-state index contributed by atoms with van der Waals surface area (Å²) in [5, 5.41) is 17.0. The van der Waals surface area contributed by atoms with Crippen LogP contribution in [0.5, 0.6) is 5.75 Å². The molecule has 0 saturated heterocycles. The van der Waals surface area contributed by atoms with Gasteiger partial charge < -0.3 is 9.30 Å². The van der Waals surface area contributed by atoms with Crippen LogP contribution in [0.3, 0.4) is 0 Å². The van der Waals surface area contributed by atoms with E-state index in [-0.39, 0.29) is 11.4 Å². The number of aromatic nitrogens is 1. The van der Waals surface area contributed by atoms with Crippen LogP contribution < -0.4 is 4.74 Å². The number of amides is 1. The highest BCUT2D eigenvalue weighted by Crippen LogP contribution is 2.32. The number of aliphatic imine (C=N–C) groups is 1. The standard InChI is InChI=1S/C29H31N5O2S/c1-5-8-26-32-34-27(30)23(28(35)31-29(34)37-26)16-20-17-33(24-10-7-6-9-22(20)24)13-14-36-25-15-19(4)11-12-21(25)18(2)3/h6-7,9-12,15-18,30H,5,8,13-14H2,1-4H3/b23-16+,30-27?. The Morgan fingerprint density at radius 2 is 2.00 bits per heavy atom. The van der Waals surface area contributed by atoms with Crippen molar-refractivity contribution in [2.75, 3.05) is 6.61 Å². The van der Waals surface area contributed by atoms with Crippen LogP contribution in [0.1, 0.15) is 56.2 Å². The number of rotatable bonds is 8. The molecule has 5 rings (SSSR count). The average molecular weight is 514 g/mol. The minimum atomic E-state index is -0.405. The monoisotopic (exact) mass is 513 g/mol. The number of para-hydroxylation sites is 1. The van der Waals surface area contributed by atoms with Gasteiger partial charge in [0, 0.05) is 22.7 Å². The zero-order valence-electron chi connectivity index (χ0n) is 21.6. The second-order valence-corrected chi connectivity index (χ2v) is 10.6. The molecule has 1 N–H and O–H groups in total. The number of thioether (sulfide) groups is 1. The number of benzene rings is 2. The zero-order chi connectivity index (χ0) is 26.1. The fourth-order valence-corrected chi connectivity index (χ4v) is 5.56. The van der Waals surface area contributed by atoms with Gasteiger partial charge in [-0.1, -0.05) is 51.1 Å². The summed E-state index contributed by atoms with van der Waals surface area (Å²) in [5.41, 5.74) is 4.53. The maximum absolute atomic E-state index is 12.9. The third-order valence-electron chi connectivity index (χ3n) is 6.46. The lowest BCUT2D eigenvalue weighted by Crippen LogP contribution is -2.35. The molecular weight excluding hydrogens is 482 g/mol. The maximum Gasteiger partial charge on any atom is 0.283 e. The zero-order valence-corrected chi connectivity index (χ0v) is 22.4. The van der Waals surface area contributed by atoms with Crippen molar-refractivity contribution >= 4 is 50.7 Å². The minimum absolute atomic E-state index is 0.0643. The Hall–Kier alpha value is -3.65. The summed E-state index contributed by atoms with van der Waals surface area (Å²) >= 11 is 1.37. The van der Waals surface area contributed by atoms with E-state index in [1.54, 1.807) is 6.08 Å². The SMILES string of the molecule is CCCC1=NN2C(=N)/C(=C\c3cn(CCOc4cc(C)ccc4C(C)C)c4ccccc34)C(=O)N=C2S1. The van der Waals surface area contributed by atoms with Gasteiger partial charge in [-0.05, 0) is 66.8 Å². The Morgan fingerprint density at radius 1 is 1.19 bits per heavy atom. The van der Waals surface area contributed by atoms with Crippen molar-refractivity contribution in [3.05, 3.63) is 70.9 Å². The van der Waals surface area contributed by atoms with Crippen LogP contribution in [0.4, 0.5) is 0 Å². The first kappa shape index (κ1) is 25.0. The number of hydrazone groups is 1. The van der Waals surface area contributed by atoms with E-state index in [9.17, 15) is 4.79 Å². The molecule has 0 atom stereocenters. The van der Waals surface area contributed by atoms with E-state index in [2.05, 4.69) is 66.6 Å². The van der Waals surface area contributed by atoms with Crippen molar-refractivity contribution in [2.45, 2.75) is 53.0 Å². The quantitative estimate of drug-likeness (QED) is 0.345. The number of amidine groups is 2. The van der Waals surface area contributed by atoms with Crippen molar-refractivity contribution in [1.82, 2.24) is 9.58 Å². The Labute approximate surface area is 221 Å². The lowest BCUT2D eigenvalue weighted by molar-refractivity contribution is -0.114.